The highest BCUT2D eigenvalue weighted by atomic mass is 35.5. The molecule has 4 aromatic rings. The number of nitrogens with zero attached hydrogens (tertiary/aromatic N) is 6. The highest BCUT2D eigenvalue weighted by Crippen LogP contribution is 2.38. The zero-order valence-electron chi connectivity index (χ0n) is 32.8. The first kappa shape index (κ1) is 39.1. The van der Waals surface area contributed by atoms with Crippen molar-refractivity contribution in [3.63, 3.8) is 0 Å². The normalized spacial score (nSPS) is 22.6. The lowest BCUT2D eigenvalue weighted by molar-refractivity contribution is -0.136. The number of hydrogen-bond acceptors (Lipinski definition) is 12. The smallest absolute Gasteiger partial charge is 0.262 e. The number of benzene rings is 3. The Morgan fingerprint density at radius 3 is 2.47 bits per heavy atom. The first-order valence-electron chi connectivity index (χ1n) is 20.4. The van der Waals surface area contributed by atoms with Crippen LogP contribution in [0.25, 0.3) is 10.9 Å². The molecule has 2 bridgehead atoms. The Kier molecular flexibility index (Phi) is 10.8. The van der Waals surface area contributed by atoms with Crippen LogP contribution in [0.1, 0.15) is 65.7 Å². The summed E-state index contributed by atoms with van der Waals surface area (Å²) < 4.78 is 25.6. The molecule has 16 heteroatoms. The molecule has 7 heterocycles. The highest BCUT2D eigenvalue weighted by Gasteiger charge is 2.46. The molecular formula is C43H46ClFN8O6. The predicted octanol–water partition coefficient (Wildman–Crippen LogP) is 5.41. The third-order valence-corrected chi connectivity index (χ3v) is 12.9. The molecule has 0 aliphatic carbocycles. The second kappa shape index (κ2) is 16.3. The van der Waals surface area contributed by atoms with Crippen LogP contribution in [-0.4, -0.2) is 119 Å². The number of piperazine rings is 1. The molecule has 1 aromatic heterocycles. The SMILES string of the molecule is COc1cc2ncnc(Nc3ccc(F)c(Cl)c3)c2cc1OCCCN1CCC(CN2CC3CCC2CN3c2ccc3c(c2)C(=O)N(C2CCC(=O)NC2=O)C3=O)CC1. The molecule has 10 rings (SSSR count). The van der Waals surface area contributed by atoms with Crippen molar-refractivity contribution in [1.29, 1.82) is 0 Å². The summed E-state index contributed by atoms with van der Waals surface area (Å²) in [7, 11) is 1.60. The number of methoxy groups -OCH3 is 1. The van der Waals surface area contributed by atoms with Gasteiger partial charge >= 0.3 is 0 Å². The van der Waals surface area contributed by atoms with Crippen LogP contribution in [0.2, 0.25) is 5.02 Å². The summed E-state index contributed by atoms with van der Waals surface area (Å²) in [5, 5.41) is 6.22. The third kappa shape index (κ3) is 7.78. The van der Waals surface area contributed by atoms with Crippen LogP contribution in [0.4, 0.5) is 21.6 Å². The summed E-state index contributed by atoms with van der Waals surface area (Å²) in [6.07, 6.45) is 7.07. The van der Waals surface area contributed by atoms with Gasteiger partial charge in [0.05, 0.1) is 35.4 Å². The second-order valence-corrected chi connectivity index (χ2v) is 16.6. The number of piperidine rings is 4. The van der Waals surface area contributed by atoms with Gasteiger partial charge in [-0.15, -0.1) is 0 Å². The first-order chi connectivity index (χ1) is 28.6. The van der Waals surface area contributed by atoms with Crippen LogP contribution in [-0.2, 0) is 9.59 Å². The largest absolute Gasteiger partial charge is 0.493 e. The van der Waals surface area contributed by atoms with E-state index in [1.807, 2.05) is 24.3 Å². The minimum absolute atomic E-state index is 0.0175. The van der Waals surface area contributed by atoms with E-state index in [-0.39, 0.29) is 23.8 Å². The number of amides is 4. The Hall–Kier alpha value is -5.38. The summed E-state index contributed by atoms with van der Waals surface area (Å²) in [5.41, 5.74) is 2.85. The molecule has 3 aromatic carbocycles. The molecule has 0 spiro atoms. The summed E-state index contributed by atoms with van der Waals surface area (Å²) in [4.78, 5) is 68.3. The number of carbonyl (C=O) groups excluding carboxylic acids is 4. The van der Waals surface area contributed by atoms with E-state index < -0.39 is 29.6 Å². The van der Waals surface area contributed by atoms with Crippen molar-refractivity contribution in [3.8, 4) is 11.5 Å². The minimum atomic E-state index is -0.970. The van der Waals surface area contributed by atoms with Crippen molar-refractivity contribution in [2.45, 2.75) is 63.1 Å². The summed E-state index contributed by atoms with van der Waals surface area (Å²) in [6.45, 7) is 6.49. The summed E-state index contributed by atoms with van der Waals surface area (Å²) in [5.74, 6) is -0.0703. The van der Waals surface area contributed by atoms with E-state index in [0.29, 0.717) is 64.3 Å². The lowest BCUT2D eigenvalue weighted by atomic mass is 9.87. The van der Waals surface area contributed by atoms with Gasteiger partial charge in [-0.3, -0.25) is 34.3 Å². The monoisotopic (exact) mass is 824 g/mol. The number of carbonyl (C=O) groups is 4. The van der Waals surface area contributed by atoms with E-state index in [0.717, 1.165) is 87.3 Å². The highest BCUT2D eigenvalue weighted by molar-refractivity contribution is 6.31. The zero-order chi connectivity index (χ0) is 40.8. The van der Waals surface area contributed by atoms with Gasteiger partial charge in [-0.05, 0) is 100.0 Å². The quantitative estimate of drug-likeness (QED) is 0.139. The number of fused-ring (bicyclic) bond motifs is 5. The van der Waals surface area contributed by atoms with E-state index in [9.17, 15) is 23.6 Å². The molecule has 3 atom stereocenters. The van der Waals surface area contributed by atoms with Gasteiger partial charge in [0.1, 0.15) is 24.0 Å². The van der Waals surface area contributed by atoms with Gasteiger partial charge in [-0.25, -0.2) is 14.4 Å². The molecule has 0 saturated carbocycles. The summed E-state index contributed by atoms with van der Waals surface area (Å²) in [6, 6.07) is 13.4. The second-order valence-electron chi connectivity index (χ2n) is 16.2. The Labute approximate surface area is 346 Å². The molecule has 6 aliphatic rings. The number of aromatic nitrogens is 2. The van der Waals surface area contributed by atoms with Crippen LogP contribution < -0.4 is 25.0 Å². The van der Waals surface area contributed by atoms with Crippen LogP contribution in [0.15, 0.2) is 54.9 Å². The molecule has 4 amide bonds. The molecule has 14 nitrogen and oxygen atoms in total. The maximum absolute atomic E-state index is 13.7. The Morgan fingerprint density at radius 2 is 1.71 bits per heavy atom. The molecule has 0 radical (unpaired) electrons. The maximum Gasteiger partial charge on any atom is 0.262 e. The number of rotatable bonds is 12. The van der Waals surface area contributed by atoms with Crippen molar-refractivity contribution in [1.82, 2.24) is 30.0 Å². The summed E-state index contributed by atoms with van der Waals surface area (Å²) >= 11 is 5.99. The lowest BCUT2D eigenvalue weighted by Crippen LogP contribution is -2.63. The average molecular weight is 825 g/mol. The topological polar surface area (TPSA) is 150 Å². The fraction of sp³-hybridized carbons (Fsp3) is 0.442. The number of anilines is 3. The molecule has 59 heavy (non-hydrogen) atoms. The van der Waals surface area contributed by atoms with Crippen molar-refractivity contribution >= 4 is 63.3 Å². The average Bonchev–Trinajstić information content (AvgIpc) is 3.49. The Bertz CT molecular complexity index is 2320. The van der Waals surface area contributed by atoms with Gasteiger partial charge in [0.25, 0.3) is 11.8 Å². The van der Waals surface area contributed by atoms with Gasteiger partial charge < -0.3 is 24.6 Å². The van der Waals surface area contributed by atoms with Crippen molar-refractivity contribution in [2.75, 3.05) is 63.2 Å². The fourth-order valence-corrected chi connectivity index (χ4v) is 9.61. The van der Waals surface area contributed by atoms with Crippen molar-refractivity contribution < 1.29 is 33.0 Å². The van der Waals surface area contributed by atoms with E-state index in [2.05, 4.69) is 35.3 Å². The standard InChI is InChI=1S/C43H46ClFN8O6/c1-58-37-20-35-32(40(47-24-46-35)48-26-3-8-34(45)33(44)17-26)19-38(37)59-16-2-13-50-14-11-25(12-15-50)21-51-22-29-5-4-28(51)23-52(29)27-6-7-30-31(18-27)43(57)53(42(30)56)36-9-10-39(54)49-41(36)55/h3,6-8,17-20,24-25,28-29,36H,2,4-5,9-16,21-23H2,1H3,(H,46,47,48)(H,49,54,55). The molecule has 308 valence electrons. The van der Waals surface area contributed by atoms with Crippen LogP contribution in [0.3, 0.4) is 0 Å². The number of hydrogen-bond donors (Lipinski definition) is 2. The number of nitrogens with one attached hydrogen (secondary N) is 2. The van der Waals surface area contributed by atoms with E-state index in [1.165, 1.54) is 18.5 Å². The lowest BCUT2D eigenvalue weighted by Gasteiger charge is -2.53. The van der Waals surface area contributed by atoms with Crippen LogP contribution in [0.5, 0.6) is 11.5 Å². The number of halogens is 2. The Morgan fingerprint density at radius 1 is 0.898 bits per heavy atom. The van der Waals surface area contributed by atoms with Crippen LogP contribution >= 0.6 is 11.6 Å². The fourth-order valence-electron chi connectivity index (χ4n) is 9.43. The molecule has 5 fully saturated rings. The van der Waals surface area contributed by atoms with Gasteiger partial charge in [-0.1, -0.05) is 11.6 Å². The van der Waals surface area contributed by atoms with Crippen LogP contribution in [0, 0.1) is 11.7 Å². The predicted molar refractivity (Wildman–Crippen MR) is 219 cm³/mol. The third-order valence-electron chi connectivity index (χ3n) is 12.6. The molecule has 5 saturated heterocycles. The first-order valence-corrected chi connectivity index (χ1v) is 20.8. The number of ether oxygens (including phenoxy) is 2. The molecule has 2 N–H and O–H groups in total. The molecule has 3 unspecified atom stereocenters. The van der Waals surface area contributed by atoms with Gasteiger partial charge in [-0.2, -0.15) is 0 Å². The molecular weight excluding hydrogens is 779 g/mol. The molecule has 6 aliphatic heterocycles. The van der Waals surface area contributed by atoms with Crippen molar-refractivity contribution in [2.24, 2.45) is 5.92 Å². The van der Waals surface area contributed by atoms with E-state index in [1.54, 1.807) is 19.2 Å². The number of imide groups is 2. The number of likely N-dealkylation sites (tertiary alicyclic amines) is 1. The van der Waals surface area contributed by atoms with Crippen molar-refractivity contribution in [3.05, 3.63) is 76.8 Å². The van der Waals surface area contributed by atoms with Gasteiger partial charge in [0, 0.05) is 67.5 Å². The van der Waals surface area contributed by atoms with E-state index >= 15 is 0 Å². The van der Waals surface area contributed by atoms with E-state index in [4.69, 9.17) is 21.1 Å². The van der Waals surface area contributed by atoms with Gasteiger partial charge in [0.2, 0.25) is 11.8 Å². The zero-order valence-corrected chi connectivity index (χ0v) is 33.5. The maximum atomic E-state index is 13.7. The Balaban J connectivity index is 0.748. The minimum Gasteiger partial charge on any atom is -0.493 e. The van der Waals surface area contributed by atoms with Gasteiger partial charge in [0.15, 0.2) is 11.5 Å².